The predicted octanol–water partition coefficient (Wildman–Crippen LogP) is 4.29. The van der Waals surface area contributed by atoms with Gasteiger partial charge in [0.25, 0.3) is 0 Å². The molecular formula is C14H23BrO. The minimum atomic E-state index is 0.327. The van der Waals surface area contributed by atoms with Crippen LogP contribution < -0.4 is 0 Å². The normalized spacial score (nSPS) is 42.9. The predicted molar refractivity (Wildman–Crippen MR) is 69.9 cm³/mol. The monoisotopic (exact) mass is 286 g/mol. The first-order valence-electron chi connectivity index (χ1n) is 7.05. The van der Waals surface area contributed by atoms with Crippen molar-refractivity contribution in [3.8, 4) is 0 Å². The summed E-state index contributed by atoms with van der Waals surface area (Å²) in [4.78, 5) is 0.805. The Labute approximate surface area is 107 Å². The van der Waals surface area contributed by atoms with Gasteiger partial charge in [-0.1, -0.05) is 28.8 Å². The van der Waals surface area contributed by atoms with Crippen molar-refractivity contribution in [1.82, 2.24) is 0 Å². The summed E-state index contributed by atoms with van der Waals surface area (Å²) in [6.45, 7) is 1.04. The van der Waals surface area contributed by atoms with Gasteiger partial charge in [0, 0.05) is 11.4 Å². The molecule has 92 valence electrons. The minimum Gasteiger partial charge on any atom is -0.375 e. The van der Waals surface area contributed by atoms with Crippen LogP contribution in [-0.2, 0) is 4.74 Å². The lowest BCUT2D eigenvalue weighted by Gasteiger charge is -2.40. The Morgan fingerprint density at radius 2 is 1.81 bits per heavy atom. The van der Waals surface area contributed by atoms with Gasteiger partial charge in [-0.15, -0.1) is 0 Å². The second kappa shape index (κ2) is 4.61. The summed E-state index contributed by atoms with van der Waals surface area (Å²) in [6.07, 6.45) is 12.5. The zero-order valence-electron chi connectivity index (χ0n) is 10.1. The van der Waals surface area contributed by atoms with Crippen molar-refractivity contribution >= 4 is 15.9 Å². The van der Waals surface area contributed by atoms with Crippen LogP contribution >= 0.6 is 15.9 Å². The molecule has 3 rings (SSSR count). The van der Waals surface area contributed by atoms with Gasteiger partial charge in [-0.25, -0.2) is 0 Å². The number of hydrogen-bond donors (Lipinski definition) is 0. The number of hydrogen-bond acceptors (Lipinski definition) is 1. The van der Waals surface area contributed by atoms with E-state index in [-0.39, 0.29) is 0 Å². The Balaban J connectivity index is 1.63. The summed E-state index contributed by atoms with van der Waals surface area (Å²) in [7, 11) is 0. The average Bonchev–Trinajstić information content (AvgIpc) is 2.89. The molecule has 3 fully saturated rings. The van der Waals surface area contributed by atoms with Crippen LogP contribution in [0.5, 0.6) is 0 Å². The zero-order valence-corrected chi connectivity index (χ0v) is 11.7. The molecule has 2 heteroatoms. The third-order valence-electron chi connectivity index (χ3n) is 5.12. The molecule has 3 atom stereocenters. The molecule has 2 saturated carbocycles. The van der Waals surface area contributed by atoms with Crippen molar-refractivity contribution in [3.63, 3.8) is 0 Å². The first-order valence-corrected chi connectivity index (χ1v) is 7.97. The molecule has 0 radical (unpaired) electrons. The average molecular weight is 287 g/mol. The third-order valence-corrected chi connectivity index (χ3v) is 5.95. The van der Waals surface area contributed by atoms with Crippen molar-refractivity contribution in [2.75, 3.05) is 6.61 Å². The van der Waals surface area contributed by atoms with Crippen LogP contribution in [0.2, 0.25) is 0 Å². The van der Waals surface area contributed by atoms with E-state index in [0.717, 1.165) is 23.3 Å². The van der Waals surface area contributed by atoms with Crippen LogP contribution in [0.4, 0.5) is 0 Å². The van der Waals surface area contributed by atoms with Crippen molar-refractivity contribution in [1.29, 1.82) is 0 Å². The van der Waals surface area contributed by atoms with Gasteiger partial charge >= 0.3 is 0 Å². The van der Waals surface area contributed by atoms with E-state index in [1.54, 1.807) is 0 Å². The molecule has 1 heterocycles. The van der Waals surface area contributed by atoms with Crippen LogP contribution in [0.3, 0.4) is 0 Å². The van der Waals surface area contributed by atoms with Gasteiger partial charge in [0.15, 0.2) is 0 Å². The molecule has 2 aliphatic carbocycles. The Bertz CT molecular complexity index is 247. The van der Waals surface area contributed by atoms with Gasteiger partial charge < -0.3 is 4.74 Å². The second-order valence-electron chi connectivity index (χ2n) is 6.16. The van der Waals surface area contributed by atoms with Gasteiger partial charge in [0.05, 0.1) is 5.60 Å². The largest absolute Gasteiger partial charge is 0.375 e. The smallest absolute Gasteiger partial charge is 0.0685 e. The summed E-state index contributed by atoms with van der Waals surface area (Å²) in [5, 5.41) is 0. The van der Waals surface area contributed by atoms with E-state index in [0.29, 0.717) is 5.60 Å². The molecule has 1 nitrogen and oxygen atoms in total. The van der Waals surface area contributed by atoms with Crippen molar-refractivity contribution < 1.29 is 4.74 Å². The zero-order chi connectivity index (χ0) is 11.0. The molecule has 0 aromatic carbocycles. The number of alkyl halides is 1. The summed E-state index contributed by atoms with van der Waals surface area (Å²) in [5.74, 6) is 1.96. The van der Waals surface area contributed by atoms with E-state index in [1.807, 2.05) is 0 Å². The molecule has 0 aromatic heterocycles. The molecular weight excluding hydrogens is 264 g/mol. The summed E-state index contributed by atoms with van der Waals surface area (Å²) in [5.41, 5.74) is 0.327. The van der Waals surface area contributed by atoms with Gasteiger partial charge in [-0.05, 0) is 56.8 Å². The Morgan fingerprint density at radius 3 is 2.50 bits per heavy atom. The molecule has 0 N–H and O–H groups in total. The highest BCUT2D eigenvalue weighted by molar-refractivity contribution is 9.09. The number of ether oxygens (including phenoxy) is 1. The summed E-state index contributed by atoms with van der Waals surface area (Å²) >= 11 is 3.79. The molecule has 3 unspecified atom stereocenters. The molecule has 0 bridgehead atoms. The molecule has 3 aliphatic rings. The molecule has 1 spiro atoms. The lowest BCUT2D eigenvalue weighted by Crippen LogP contribution is -2.39. The summed E-state index contributed by atoms with van der Waals surface area (Å²) < 4.78 is 6.13. The molecule has 16 heavy (non-hydrogen) atoms. The SMILES string of the molecule is BrC1CCC(C2CCOC3(CCCC3)C2)C1. The third kappa shape index (κ3) is 2.20. The lowest BCUT2D eigenvalue weighted by molar-refractivity contribution is -0.101. The van der Waals surface area contributed by atoms with Gasteiger partial charge in [-0.2, -0.15) is 0 Å². The fourth-order valence-corrected chi connectivity index (χ4v) is 4.97. The quantitative estimate of drug-likeness (QED) is 0.654. The van der Waals surface area contributed by atoms with Crippen LogP contribution in [0.1, 0.15) is 57.8 Å². The standard InChI is InChI=1S/C14H23BrO/c15-13-4-3-11(9-13)12-5-8-16-14(10-12)6-1-2-7-14/h11-13H,1-10H2. The highest BCUT2D eigenvalue weighted by Gasteiger charge is 2.42. The van der Waals surface area contributed by atoms with Gasteiger partial charge in [0.2, 0.25) is 0 Å². The minimum absolute atomic E-state index is 0.327. The van der Waals surface area contributed by atoms with E-state index in [2.05, 4.69) is 15.9 Å². The molecule has 0 amide bonds. The molecule has 0 aromatic rings. The second-order valence-corrected chi connectivity index (χ2v) is 7.46. The Morgan fingerprint density at radius 1 is 1.00 bits per heavy atom. The molecule has 1 saturated heterocycles. The highest BCUT2D eigenvalue weighted by Crippen LogP contribution is 2.47. The fourth-order valence-electron chi connectivity index (χ4n) is 4.22. The first-order chi connectivity index (χ1) is 7.77. The maximum Gasteiger partial charge on any atom is 0.0685 e. The van der Waals surface area contributed by atoms with E-state index in [1.165, 1.54) is 57.8 Å². The van der Waals surface area contributed by atoms with Crippen LogP contribution in [0, 0.1) is 11.8 Å². The Kier molecular flexibility index (Phi) is 3.32. The van der Waals surface area contributed by atoms with Gasteiger partial charge in [0.1, 0.15) is 0 Å². The van der Waals surface area contributed by atoms with Crippen LogP contribution in [0.25, 0.3) is 0 Å². The van der Waals surface area contributed by atoms with Crippen LogP contribution in [-0.4, -0.2) is 17.0 Å². The topological polar surface area (TPSA) is 9.23 Å². The van der Waals surface area contributed by atoms with E-state index >= 15 is 0 Å². The fraction of sp³-hybridized carbons (Fsp3) is 1.00. The highest BCUT2D eigenvalue weighted by atomic mass is 79.9. The van der Waals surface area contributed by atoms with Crippen molar-refractivity contribution in [2.45, 2.75) is 68.2 Å². The number of halogens is 1. The van der Waals surface area contributed by atoms with Crippen LogP contribution in [0.15, 0.2) is 0 Å². The van der Waals surface area contributed by atoms with E-state index in [9.17, 15) is 0 Å². The maximum absolute atomic E-state index is 6.13. The lowest BCUT2D eigenvalue weighted by atomic mass is 9.77. The van der Waals surface area contributed by atoms with Crippen molar-refractivity contribution in [3.05, 3.63) is 0 Å². The summed E-state index contributed by atoms with van der Waals surface area (Å²) in [6, 6.07) is 0. The Hall–Kier alpha value is 0.440. The number of rotatable bonds is 1. The van der Waals surface area contributed by atoms with E-state index < -0.39 is 0 Å². The molecule has 1 aliphatic heterocycles. The van der Waals surface area contributed by atoms with Crippen molar-refractivity contribution in [2.24, 2.45) is 11.8 Å². The maximum atomic E-state index is 6.13. The van der Waals surface area contributed by atoms with Gasteiger partial charge in [-0.3, -0.25) is 0 Å². The van der Waals surface area contributed by atoms with E-state index in [4.69, 9.17) is 4.74 Å². The first kappa shape index (κ1) is 11.5.